The van der Waals surface area contributed by atoms with Gasteiger partial charge in [0, 0.05) is 25.5 Å². The van der Waals surface area contributed by atoms with Gasteiger partial charge in [0.2, 0.25) is 11.8 Å². The molecule has 0 bridgehead atoms. The van der Waals surface area contributed by atoms with Crippen molar-refractivity contribution in [2.75, 3.05) is 6.54 Å². The normalized spacial score (nSPS) is 11.0. The van der Waals surface area contributed by atoms with Crippen molar-refractivity contribution in [2.45, 2.75) is 26.8 Å². The number of carbonyl (C=O) groups is 2. The van der Waals surface area contributed by atoms with Gasteiger partial charge in [-0.1, -0.05) is 18.2 Å². The molecule has 0 aliphatic heterocycles. The molecule has 2 aromatic rings. The third-order valence-electron chi connectivity index (χ3n) is 3.92. The Bertz CT molecular complexity index is 715. The zero-order valence-corrected chi connectivity index (χ0v) is 14.4. The summed E-state index contributed by atoms with van der Waals surface area (Å²) in [6.45, 7) is 3.86. The smallest absolute Gasteiger partial charge is 0.235 e. The van der Waals surface area contributed by atoms with E-state index in [1.54, 1.807) is 44.4 Å². The van der Waals surface area contributed by atoms with Gasteiger partial charge in [-0.25, -0.2) is 4.39 Å². The maximum atomic E-state index is 12.9. The van der Waals surface area contributed by atoms with E-state index >= 15 is 0 Å². The van der Waals surface area contributed by atoms with E-state index in [0.29, 0.717) is 19.5 Å². The zero-order chi connectivity index (χ0) is 18.3. The minimum atomic E-state index is -1.19. The molecule has 2 amide bonds. The number of nitrogens with zero attached hydrogens (tertiary/aromatic N) is 1. The number of hydrogen-bond donors (Lipinski definition) is 2. The van der Waals surface area contributed by atoms with Gasteiger partial charge >= 0.3 is 0 Å². The van der Waals surface area contributed by atoms with Gasteiger partial charge in [-0.05, 0) is 49.6 Å². The number of carbonyl (C=O) groups excluding carboxylic acids is 2. The molecular formula is C19H22FN3O2. The summed E-state index contributed by atoms with van der Waals surface area (Å²) in [7, 11) is 0. The summed E-state index contributed by atoms with van der Waals surface area (Å²) < 4.78 is 12.9. The van der Waals surface area contributed by atoms with Crippen LogP contribution in [0, 0.1) is 11.2 Å². The van der Waals surface area contributed by atoms with Crippen LogP contribution in [-0.2, 0) is 22.6 Å². The number of halogens is 1. The van der Waals surface area contributed by atoms with Gasteiger partial charge in [0.25, 0.3) is 0 Å². The summed E-state index contributed by atoms with van der Waals surface area (Å²) in [5, 5.41) is 5.51. The molecule has 0 fully saturated rings. The predicted molar refractivity (Wildman–Crippen MR) is 93.0 cm³/mol. The number of hydrogen-bond acceptors (Lipinski definition) is 3. The highest BCUT2D eigenvalue weighted by Crippen LogP contribution is 2.16. The van der Waals surface area contributed by atoms with Crippen LogP contribution in [0.3, 0.4) is 0 Å². The largest absolute Gasteiger partial charge is 0.355 e. The van der Waals surface area contributed by atoms with Gasteiger partial charge in [0.1, 0.15) is 11.2 Å². The summed E-state index contributed by atoms with van der Waals surface area (Å²) in [5.41, 5.74) is 0.592. The Balaban J connectivity index is 1.81. The maximum absolute atomic E-state index is 12.9. The van der Waals surface area contributed by atoms with Crippen LogP contribution in [0.1, 0.15) is 25.0 Å². The lowest BCUT2D eigenvalue weighted by Gasteiger charge is -2.22. The highest BCUT2D eigenvalue weighted by molar-refractivity contribution is 6.04. The molecule has 2 N–H and O–H groups in total. The molecule has 0 saturated carbocycles. The first-order chi connectivity index (χ1) is 11.9. The molecule has 0 saturated heterocycles. The SMILES string of the molecule is CC(C)(C(=O)NCCc1ccc(F)cc1)C(=O)NCc1cccnc1. The molecule has 0 spiro atoms. The summed E-state index contributed by atoms with van der Waals surface area (Å²) in [4.78, 5) is 28.6. The van der Waals surface area contributed by atoms with Crippen molar-refractivity contribution in [1.29, 1.82) is 0 Å². The molecule has 25 heavy (non-hydrogen) atoms. The van der Waals surface area contributed by atoms with Crippen LogP contribution in [-0.4, -0.2) is 23.3 Å². The van der Waals surface area contributed by atoms with E-state index < -0.39 is 5.41 Å². The van der Waals surface area contributed by atoms with Gasteiger partial charge in [0.15, 0.2) is 0 Å². The van der Waals surface area contributed by atoms with E-state index in [0.717, 1.165) is 11.1 Å². The number of benzene rings is 1. The number of pyridine rings is 1. The molecule has 0 atom stereocenters. The predicted octanol–water partition coefficient (Wildman–Crippen LogP) is 2.22. The van der Waals surface area contributed by atoms with Gasteiger partial charge in [-0.2, -0.15) is 0 Å². The Morgan fingerprint density at radius 2 is 1.72 bits per heavy atom. The second-order valence-corrected chi connectivity index (χ2v) is 6.30. The van der Waals surface area contributed by atoms with Gasteiger partial charge in [-0.3, -0.25) is 14.6 Å². The number of nitrogens with one attached hydrogen (secondary N) is 2. The molecule has 1 aromatic heterocycles. The van der Waals surface area contributed by atoms with Crippen LogP contribution in [0.2, 0.25) is 0 Å². The average molecular weight is 343 g/mol. The molecule has 5 nitrogen and oxygen atoms in total. The van der Waals surface area contributed by atoms with Crippen LogP contribution in [0.15, 0.2) is 48.8 Å². The minimum absolute atomic E-state index is 0.292. The fraction of sp³-hybridized carbons (Fsp3) is 0.316. The Labute approximate surface area is 146 Å². The standard InChI is InChI=1S/C19H22FN3O2/c1-19(2,18(25)23-13-15-4-3-10-21-12-15)17(24)22-11-9-14-5-7-16(20)8-6-14/h3-8,10,12H,9,11,13H2,1-2H3,(H,22,24)(H,23,25). The van der Waals surface area contributed by atoms with Crippen LogP contribution in [0.5, 0.6) is 0 Å². The molecule has 0 radical (unpaired) electrons. The topological polar surface area (TPSA) is 71.1 Å². The fourth-order valence-electron chi connectivity index (χ4n) is 2.20. The van der Waals surface area contributed by atoms with Crippen molar-refractivity contribution in [1.82, 2.24) is 15.6 Å². The summed E-state index contributed by atoms with van der Waals surface area (Å²) in [6.07, 6.45) is 3.89. The molecule has 1 aromatic carbocycles. The average Bonchev–Trinajstić information content (AvgIpc) is 2.62. The molecule has 1 heterocycles. The quantitative estimate of drug-likeness (QED) is 0.757. The van der Waals surface area contributed by atoms with Gasteiger partial charge < -0.3 is 10.6 Å². The van der Waals surface area contributed by atoms with Crippen molar-refractivity contribution in [3.8, 4) is 0 Å². The van der Waals surface area contributed by atoms with E-state index in [1.807, 2.05) is 6.07 Å². The fourth-order valence-corrected chi connectivity index (χ4v) is 2.20. The molecule has 0 unspecified atom stereocenters. The lowest BCUT2D eigenvalue weighted by molar-refractivity contribution is -0.141. The molecule has 6 heteroatoms. The van der Waals surface area contributed by atoms with Gasteiger partial charge in [-0.15, -0.1) is 0 Å². The Morgan fingerprint density at radius 1 is 1.04 bits per heavy atom. The second-order valence-electron chi connectivity index (χ2n) is 6.30. The van der Waals surface area contributed by atoms with E-state index in [1.165, 1.54) is 12.1 Å². The van der Waals surface area contributed by atoms with Crippen molar-refractivity contribution in [3.63, 3.8) is 0 Å². The highest BCUT2D eigenvalue weighted by atomic mass is 19.1. The van der Waals surface area contributed by atoms with Crippen LogP contribution >= 0.6 is 0 Å². The van der Waals surface area contributed by atoms with Crippen molar-refractivity contribution in [2.24, 2.45) is 5.41 Å². The summed E-state index contributed by atoms with van der Waals surface area (Å²) in [5.74, 6) is -0.992. The molecule has 132 valence electrons. The van der Waals surface area contributed by atoms with Crippen LogP contribution in [0.4, 0.5) is 4.39 Å². The van der Waals surface area contributed by atoms with E-state index in [-0.39, 0.29) is 17.6 Å². The first-order valence-corrected chi connectivity index (χ1v) is 8.09. The summed E-state index contributed by atoms with van der Waals surface area (Å²) in [6, 6.07) is 9.75. The van der Waals surface area contributed by atoms with Gasteiger partial charge in [0.05, 0.1) is 0 Å². The lowest BCUT2D eigenvalue weighted by Crippen LogP contribution is -2.48. The monoisotopic (exact) mass is 343 g/mol. The summed E-state index contributed by atoms with van der Waals surface area (Å²) >= 11 is 0. The zero-order valence-electron chi connectivity index (χ0n) is 14.4. The van der Waals surface area contributed by atoms with E-state index in [9.17, 15) is 14.0 Å². The van der Waals surface area contributed by atoms with Crippen LogP contribution in [0.25, 0.3) is 0 Å². The Morgan fingerprint density at radius 3 is 2.36 bits per heavy atom. The Kier molecular flexibility index (Phi) is 6.22. The lowest BCUT2D eigenvalue weighted by atomic mass is 9.91. The maximum Gasteiger partial charge on any atom is 0.235 e. The molecular weight excluding hydrogens is 321 g/mol. The van der Waals surface area contributed by atoms with Crippen molar-refractivity contribution in [3.05, 3.63) is 65.7 Å². The minimum Gasteiger partial charge on any atom is -0.355 e. The Hall–Kier alpha value is -2.76. The van der Waals surface area contributed by atoms with Crippen molar-refractivity contribution < 1.29 is 14.0 Å². The van der Waals surface area contributed by atoms with E-state index in [4.69, 9.17) is 0 Å². The molecule has 0 aliphatic rings. The third kappa shape index (κ3) is 5.38. The second kappa shape index (κ2) is 8.37. The van der Waals surface area contributed by atoms with E-state index in [2.05, 4.69) is 15.6 Å². The van der Waals surface area contributed by atoms with Crippen molar-refractivity contribution >= 4 is 11.8 Å². The molecule has 2 rings (SSSR count). The molecule has 0 aliphatic carbocycles. The first kappa shape index (κ1) is 18.6. The number of amides is 2. The number of rotatable bonds is 7. The first-order valence-electron chi connectivity index (χ1n) is 8.09. The highest BCUT2D eigenvalue weighted by Gasteiger charge is 2.35. The number of aromatic nitrogens is 1. The third-order valence-corrected chi connectivity index (χ3v) is 3.92. The van der Waals surface area contributed by atoms with Crippen LogP contribution < -0.4 is 10.6 Å².